The molecule has 0 saturated carbocycles. The molecular formula is C20H20N4O3S. The summed E-state index contributed by atoms with van der Waals surface area (Å²) < 4.78 is 25.2. The Morgan fingerprint density at radius 3 is 2.32 bits per heavy atom. The zero-order valence-corrected chi connectivity index (χ0v) is 16.2. The molecular weight excluding hydrogens is 376 g/mol. The third kappa shape index (κ3) is 3.68. The van der Waals surface area contributed by atoms with E-state index in [1.807, 2.05) is 60.7 Å². The normalized spacial score (nSPS) is 20.8. The van der Waals surface area contributed by atoms with Gasteiger partial charge in [-0.05, 0) is 25.5 Å². The maximum absolute atomic E-state index is 12.8. The highest BCUT2D eigenvalue weighted by Gasteiger charge is 2.40. The number of para-hydroxylation sites is 1. The van der Waals surface area contributed by atoms with E-state index in [4.69, 9.17) is 0 Å². The maximum atomic E-state index is 12.8. The first kappa shape index (κ1) is 18.4. The summed E-state index contributed by atoms with van der Waals surface area (Å²) in [6.45, 7) is 1.74. The number of amides is 1. The van der Waals surface area contributed by atoms with E-state index < -0.39 is 21.3 Å². The van der Waals surface area contributed by atoms with Crippen LogP contribution < -0.4 is 5.32 Å². The Morgan fingerprint density at radius 2 is 1.71 bits per heavy atom. The number of aromatic nitrogens is 3. The fourth-order valence-electron chi connectivity index (χ4n) is 3.37. The second-order valence-corrected chi connectivity index (χ2v) is 9.41. The van der Waals surface area contributed by atoms with Crippen LogP contribution in [0.3, 0.4) is 0 Å². The number of sulfone groups is 1. The van der Waals surface area contributed by atoms with Gasteiger partial charge in [-0.25, -0.2) is 18.1 Å². The molecule has 1 atom stereocenters. The van der Waals surface area contributed by atoms with Crippen LogP contribution in [0.1, 0.15) is 24.0 Å². The van der Waals surface area contributed by atoms with Gasteiger partial charge in [-0.2, -0.15) is 0 Å². The Kier molecular flexibility index (Phi) is 4.50. The zero-order valence-electron chi connectivity index (χ0n) is 15.4. The van der Waals surface area contributed by atoms with Gasteiger partial charge in [0.15, 0.2) is 15.7 Å². The van der Waals surface area contributed by atoms with Crippen LogP contribution in [0, 0.1) is 0 Å². The molecule has 1 N–H and O–H groups in total. The van der Waals surface area contributed by atoms with Crippen molar-refractivity contribution in [2.24, 2.45) is 0 Å². The number of nitrogens with one attached hydrogen (secondary N) is 1. The lowest BCUT2D eigenvalue weighted by Crippen LogP contribution is -2.47. The summed E-state index contributed by atoms with van der Waals surface area (Å²) in [5, 5.41) is 7.22. The number of nitrogens with zero attached hydrogens (tertiary/aromatic N) is 3. The lowest BCUT2D eigenvalue weighted by molar-refractivity contribution is 0.0904. The Balaban J connectivity index is 1.71. The molecule has 2 heterocycles. The molecule has 3 aromatic rings. The molecule has 4 rings (SSSR count). The van der Waals surface area contributed by atoms with Gasteiger partial charge in [0.2, 0.25) is 5.82 Å². The van der Waals surface area contributed by atoms with E-state index in [0.29, 0.717) is 12.2 Å². The van der Waals surface area contributed by atoms with Crippen LogP contribution in [0.4, 0.5) is 0 Å². The van der Waals surface area contributed by atoms with E-state index in [1.54, 1.807) is 11.6 Å². The first-order chi connectivity index (χ1) is 13.4. The number of benzene rings is 2. The van der Waals surface area contributed by atoms with Gasteiger partial charge in [-0.1, -0.05) is 48.5 Å². The fraction of sp³-hybridized carbons (Fsp3) is 0.250. The summed E-state index contributed by atoms with van der Waals surface area (Å²) >= 11 is 0. The van der Waals surface area contributed by atoms with Gasteiger partial charge < -0.3 is 5.32 Å². The summed E-state index contributed by atoms with van der Waals surface area (Å²) in [6.07, 6.45) is 0.381. The molecule has 1 saturated heterocycles. The van der Waals surface area contributed by atoms with E-state index >= 15 is 0 Å². The molecule has 0 radical (unpaired) electrons. The largest absolute Gasteiger partial charge is 0.343 e. The molecule has 7 nitrogen and oxygen atoms in total. The molecule has 8 heteroatoms. The molecule has 28 heavy (non-hydrogen) atoms. The third-order valence-corrected chi connectivity index (χ3v) is 6.66. The van der Waals surface area contributed by atoms with Crippen molar-refractivity contribution in [3.63, 3.8) is 0 Å². The van der Waals surface area contributed by atoms with Crippen molar-refractivity contribution in [3.8, 4) is 17.1 Å². The number of carbonyl (C=O) groups is 1. The van der Waals surface area contributed by atoms with Crippen molar-refractivity contribution in [2.75, 3.05) is 11.5 Å². The van der Waals surface area contributed by atoms with E-state index in [9.17, 15) is 13.2 Å². The van der Waals surface area contributed by atoms with Crippen LogP contribution in [0.2, 0.25) is 0 Å². The second-order valence-electron chi connectivity index (χ2n) is 7.23. The monoisotopic (exact) mass is 396 g/mol. The number of hydrogen-bond acceptors (Lipinski definition) is 5. The highest BCUT2D eigenvalue weighted by Crippen LogP contribution is 2.24. The Bertz CT molecular complexity index is 1050. The van der Waals surface area contributed by atoms with Crippen molar-refractivity contribution in [1.29, 1.82) is 0 Å². The van der Waals surface area contributed by atoms with Gasteiger partial charge in [0.1, 0.15) is 0 Å². The molecule has 1 amide bonds. The minimum Gasteiger partial charge on any atom is -0.343 e. The lowest BCUT2D eigenvalue weighted by Gasteiger charge is -2.22. The van der Waals surface area contributed by atoms with E-state index in [-0.39, 0.29) is 17.3 Å². The third-order valence-electron chi connectivity index (χ3n) is 4.76. The molecule has 1 aromatic heterocycles. The van der Waals surface area contributed by atoms with Crippen molar-refractivity contribution < 1.29 is 13.2 Å². The Hall–Kier alpha value is -3.00. The molecule has 1 aliphatic rings. The summed E-state index contributed by atoms with van der Waals surface area (Å²) in [5.41, 5.74) is 0.802. The molecule has 0 bridgehead atoms. The van der Waals surface area contributed by atoms with Crippen molar-refractivity contribution in [1.82, 2.24) is 20.1 Å². The average Bonchev–Trinajstić information content (AvgIpc) is 3.24. The first-order valence-corrected chi connectivity index (χ1v) is 10.8. The summed E-state index contributed by atoms with van der Waals surface area (Å²) in [6, 6.07) is 18.9. The fourth-order valence-corrected chi connectivity index (χ4v) is 5.46. The van der Waals surface area contributed by atoms with Gasteiger partial charge >= 0.3 is 0 Å². The smallest absolute Gasteiger partial charge is 0.291 e. The van der Waals surface area contributed by atoms with E-state index in [1.165, 1.54) is 0 Å². The van der Waals surface area contributed by atoms with Gasteiger partial charge in [-0.3, -0.25) is 4.79 Å². The second kappa shape index (κ2) is 6.87. The maximum Gasteiger partial charge on any atom is 0.291 e. The molecule has 144 valence electrons. The molecule has 1 aliphatic heterocycles. The predicted octanol–water partition coefficient (Wildman–Crippen LogP) is 2.24. The molecule has 1 fully saturated rings. The quantitative estimate of drug-likeness (QED) is 0.730. The summed E-state index contributed by atoms with van der Waals surface area (Å²) in [4.78, 5) is 17.3. The lowest BCUT2D eigenvalue weighted by atomic mass is 10.0. The molecule has 0 aliphatic carbocycles. The van der Waals surface area contributed by atoms with E-state index in [2.05, 4.69) is 15.4 Å². The van der Waals surface area contributed by atoms with Crippen LogP contribution >= 0.6 is 0 Å². The average molecular weight is 396 g/mol. The van der Waals surface area contributed by atoms with Crippen molar-refractivity contribution in [2.45, 2.75) is 18.9 Å². The van der Waals surface area contributed by atoms with Crippen LogP contribution in [0.5, 0.6) is 0 Å². The summed E-state index contributed by atoms with van der Waals surface area (Å²) in [5.74, 6) is 0.0718. The van der Waals surface area contributed by atoms with Crippen molar-refractivity contribution >= 4 is 15.7 Å². The zero-order chi connectivity index (χ0) is 19.8. The Morgan fingerprint density at radius 1 is 1.07 bits per heavy atom. The Labute approximate surface area is 163 Å². The number of hydrogen-bond donors (Lipinski definition) is 1. The topological polar surface area (TPSA) is 93.9 Å². The SMILES string of the molecule is CC1(NC(=O)c2nc(-c3ccccc3)n(-c3ccccc3)n2)CCS(=O)(=O)C1. The number of rotatable bonds is 4. The van der Waals surface area contributed by atoms with Gasteiger partial charge in [0, 0.05) is 5.56 Å². The standard InChI is InChI=1S/C20H20N4O3S/c1-20(12-13-28(26,27)14-20)22-19(25)17-21-18(15-8-4-2-5-9-15)24(23-17)16-10-6-3-7-11-16/h2-11H,12-14H2,1H3,(H,22,25). The van der Waals surface area contributed by atoms with E-state index in [0.717, 1.165) is 11.3 Å². The molecule has 0 spiro atoms. The summed E-state index contributed by atoms with van der Waals surface area (Å²) in [7, 11) is -3.13. The predicted molar refractivity (Wildman–Crippen MR) is 106 cm³/mol. The van der Waals surface area contributed by atoms with Crippen molar-refractivity contribution in [3.05, 3.63) is 66.5 Å². The first-order valence-electron chi connectivity index (χ1n) is 8.96. The minimum absolute atomic E-state index is 0.00762. The van der Waals surface area contributed by atoms with Gasteiger partial charge in [0.05, 0.1) is 22.7 Å². The van der Waals surface area contributed by atoms with Gasteiger partial charge in [0.25, 0.3) is 5.91 Å². The molecule has 2 aromatic carbocycles. The van der Waals surface area contributed by atoms with Crippen LogP contribution in [0.25, 0.3) is 17.1 Å². The van der Waals surface area contributed by atoms with Crippen LogP contribution in [-0.4, -0.2) is 46.1 Å². The minimum atomic E-state index is -3.13. The van der Waals surface area contributed by atoms with Gasteiger partial charge in [-0.15, -0.1) is 5.10 Å². The highest BCUT2D eigenvalue weighted by atomic mass is 32.2. The van der Waals surface area contributed by atoms with Crippen LogP contribution in [-0.2, 0) is 9.84 Å². The van der Waals surface area contributed by atoms with Crippen LogP contribution in [0.15, 0.2) is 60.7 Å². The highest BCUT2D eigenvalue weighted by molar-refractivity contribution is 7.91. The molecule has 1 unspecified atom stereocenters. The number of carbonyl (C=O) groups excluding carboxylic acids is 1.